The van der Waals surface area contributed by atoms with Crippen molar-refractivity contribution in [2.24, 2.45) is 5.92 Å². The molecule has 1 unspecified atom stereocenters. The summed E-state index contributed by atoms with van der Waals surface area (Å²) in [6.45, 7) is 5.93. The summed E-state index contributed by atoms with van der Waals surface area (Å²) in [6.07, 6.45) is 7.98. The van der Waals surface area contributed by atoms with Gasteiger partial charge in [-0.2, -0.15) is 0 Å². The largest absolute Gasteiger partial charge is 0.385 e. The summed E-state index contributed by atoms with van der Waals surface area (Å²) >= 11 is 0. The molecule has 0 aliphatic carbocycles. The summed E-state index contributed by atoms with van der Waals surface area (Å²) < 4.78 is 0. The quantitative estimate of drug-likeness (QED) is 0.860. The molecule has 1 N–H and O–H groups in total. The van der Waals surface area contributed by atoms with Gasteiger partial charge >= 0.3 is 0 Å². The van der Waals surface area contributed by atoms with E-state index in [9.17, 15) is 0 Å². The average Bonchev–Trinajstić information content (AvgIpc) is 2.72. The maximum absolute atomic E-state index is 3.55. The monoisotopic (exact) mass is 258 g/mol. The van der Waals surface area contributed by atoms with Crippen LogP contribution in [0.25, 0.3) is 0 Å². The van der Waals surface area contributed by atoms with E-state index >= 15 is 0 Å². The van der Waals surface area contributed by atoms with E-state index in [1.54, 1.807) is 0 Å². The first kappa shape index (κ1) is 12.8. The van der Waals surface area contributed by atoms with Gasteiger partial charge in [0, 0.05) is 31.0 Å². The van der Waals surface area contributed by atoms with Crippen molar-refractivity contribution in [3.63, 3.8) is 0 Å². The van der Waals surface area contributed by atoms with Gasteiger partial charge in [0.15, 0.2) is 0 Å². The van der Waals surface area contributed by atoms with Gasteiger partial charge in [0.05, 0.1) is 0 Å². The lowest BCUT2D eigenvalue weighted by Crippen LogP contribution is -2.24. The highest BCUT2D eigenvalue weighted by molar-refractivity contribution is 5.63. The molecule has 2 aliphatic rings. The number of nitrogens with one attached hydrogen (secondary N) is 1. The number of nitrogens with zero attached hydrogens (tertiary/aromatic N) is 1. The van der Waals surface area contributed by atoms with Gasteiger partial charge in [-0.3, -0.25) is 0 Å². The molecule has 104 valence electrons. The Balaban J connectivity index is 1.74. The minimum absolute atomic E-state index is 0.945. The lowest BCUT2D eigenvalue weighted by Gasteiger charge is -2.26. The van der Waals surface area contributed by atoms with E-state index in [0.29, 0.717) is 0 Å². The SMILES string of the molecule is CCC1CCCN(c2ccc3c(c2)NCCC3)CC1. The molecule has 19 heavy (non-hydrogen) atoms. The van der Waals surface area contributed by atoms with Crippen LogP contribution in [-0.2, 0) is 6.42 Å². The number of aryl methyl sites for hydroxylation is 1. The Kier molecular flexibility index (Phi) is 3.95. The minimum atomic E-state index is 0.945. The number of hydrogen-bond acceptors (Lipinski definition) is 2. The first-order chi connectivity index (χ1) is 9.36. The van der Waals surface area contributed by atoms with Gasteiger partial charge in [0.1, 0.15) is 0 Å². The maximum atomic E-state index is 3.55. The van der Waals surface area contributed by atoms with Gasteiger partial charge in [0.2, 0.25) is 0 Å². The molecule has 0 spiro atoms. The molecule has 3 rings (SSSR count). The van der Waals surface area contributed by atoms with Gasteiger partial charge in [-0.1, -0.05) is 19.4 Å². The molecule has 0 bridgehead atoms. The van der Waals surface area contributed by atoms with Gasteiger partial charge in [-0.05, 0) is 55.7 Å². The molecule has 0 radical (unpaired) electrons. The first-order valence-corrected chi connectivity index (χ1v) is 7.98. The Bertz CT molecular complexity index is 427. The highest BCUT2D eigenvalue weighted by atomic mass is 15.1. The topological polar surface area (TPSA) is 15.3 Å². The van der Waals surface area contributed by atoms with Crippen molar-refractivity contribution in [3.8, 4) is 0 Å². The van der Waals surface area contributed by atoms with E-state index in [1.165, 1.54) is 68.6 Å². The Labute approximate surface area is 117 Å². The summed E-state index contributed by atoms with van der Waals surface area (Å²) in [5.41, 5.74) is 4.29. The van der Waals surface area contributed by atoms with E-state index in [-0.39, 0.29) is 0 Å². The molecule has 1 fully saturated rings. The molecule has 0 aromatic heterocycles. The number of hydrogen-bond donors (Lipinski definition) is 1. The zero-order valence-corrected chi connectivity index (χ0v) is 12.1. The summed E-state index contributed by atoms with van der Waals surface area (Å²) in [7, 11) is 0. The van der Waals surface area contributed by atoms with Crippen molar-refractivity contribution < 1.29 is 0 Å². The molecule has 2 nitrogen and oxygen atoms in total. The van der Waals surface area contributed by atoms with Crippen LogP contribution in [-0.4, -0.2) is 19.6 Å². The standard InChI is InChI=1S/C17H26N2/c1-2-14-5-4-11-19(12-9-14)16-8-7-15-6-3-10-18-17(15)13-16/h7-8,13-14,18H,2-6,9-12H2,1H3. The van der Waals surface area contributed by atoms with E-state index in [4.69, 9.17) is 0 Å². The third-order valence-corrected chi connectivity index (χ3v) is 4.82. The highest BCUT2D eigenvalue weighted by Crippen LogP contribution is 2.30. The van der Waals surface area contributed by atoms with Crippen LogP contribution in [0.4, 0.5) is 11.4 Å². The summed E-state index contributed by atoms with van der Waals surface area (Å²) in [5.74, 6) is 0.945. The fourth-order valence-electron chi connectivity index (χ4n) is 3.48. The van der Waals surface area contributed by atoms with Crippen molar-refractivity contribution in [2.75, 3.05) is 29.9 Å². The molecule has 0 saturated carbocycles. The lowest BCUT2D eigenvalue weighted by molar-refractivity contribution is 0.459. The molecule has 2 aliphatic heterocycles. The number of fused-ring (bicyclic) bond motifs is 1. The Morgan fingerprint density at radius 3 is 3.05 bits per heavy atom. The van der Waals surface area contributed by atoms with Crippen LogP contribution >= 0.6 is 0 Å². The van der Waals surface area contributed by atoms with Gasteiger partial charge < -0.3 is 10.2 Å². The number of benzene rings is 1. The van der Waals surface area contributed by atoms with E-state index < -0.39 is 0 Å². The second kappa shape index (κ2) is 5.85. The maximum Gasteiger partial charge on any atom is 0.0393 e. The van der Waals surface area contributed by atoms with Gasteiger partial charge in [-0.15, -0.1) is 0 Å². The molecular formula is C17H26N2. The molecule has 1 aromatic carbocycles. The molecule has 0 amide bonds. The normalized spacial score (nSPS) is 23.4. The van der Waals surface area contributed by atoms with Crippen molar-refractivity contribution in [1.29, 1.82) is 0 Å². The summed E-state index contributed by atoms with van der Waals surface area (Å²) in [4.78, 5) is 2.59. The summed E-state index contributed by atoms with van der Waals surface area (Å²) in [6, 6.07) is 7.04. The van der Waals surface area contributed by atoms with Gasteiger partial charge in [-0.25, -0.2) is 0 Å². The van der Waals surface area contributed by atoms with E-state index in [2.05, 4.69) is 35.3 Å². The number of rotatable bonds is 2. The average molecular weight is 258 g/mol. The zero-order chi connectivity index (χ0) is 13.1. The van der Waals surface area contributed by atoms with Crippen molar-refractivity contribution in [2.45, 2.75) is 45.4 Å². The summed E-state index contributed by atoms with van der Waals surface area (Å²) in [5, 5.41) is 3.55. The Morgan fingerprint density at radius 1 is 1.21 bits per heavy atom. The molecule has 2 heterocycles. The van der Waals surface area contributed by atoms with Crippen LogP contribution in [0.2, 0.25) is 0 Å². The Morgan fingerprint density at radius 2 is 2.16 bits per heavy atom. The van der Waals surface area contributed by atoms with Crippen LogP contribution in [0.5, 0.6) is 0 Å². The van der Waals surface area contributed by atoms with E-state index in [1.807, 2.05) is 0 Å². The predicted molar refractivity (Wildman–Crippen MR) is 83.1 cm³/mol. The number of anilines is 2. The molecule has 1 aromatic rings. The Hall–Kier alpha value is -1.18. The van der Waals surface area contributed by atoms with Crippen molar-refractivity contribution in [1.82, 2.24) is 0 Å². The third kappa shape index (κ3) is 2.88. The van der Waals surface area contributed by atoms with Crippen molar-refractivity contribution in [3.05, 3.63) is 23.8 Å². The van der Waals surface area contributed by atoms with Crippen LogP contribution in [0.1, 0.15) is 44.6 Å². The zero-order valence-electron chi connectivity index (χ0n) is 12.1. The van der Waals surface area contributed by atoms with Crippen LogP contribution in [0.15, 0.2) is 18.2 Å². The highest BCUT2D eigenvalue weighted by Gasteiger charge is 2.17. The first-order valence-electron chi connectivity index (χ1n) is 7.98. The second-order valence-corrected chi connectivity index (χ2v) is 6.06. The van der Waals surface area contributed by atoms with Crippen molar-refractivity contribution >= 4 is 11.4 Å². The second-order valence-electron chi connectivity index (χ2n) is 6.06. The van der Waals surface area contributed by atoms with Crippen LogP contribution < -0.4 is 10.2 Å². The fourth-order valence-corrected chi connectivity index (χ4v) is 3.48. The lowest BCUT2D eigenvalue weighted by atomic mass is 9.98. The van der Waals surface area contributed by atoms with E-state index in [0.717, 1.165) is 12.5 Å². The van der Waals surface area contributed by atoms with Crippen LogP contribution in [0, 0.1) is 5.92 Å². The van der Waals surface area contributed by atoms with Gasteiger partial charge in [0.25, 0.3) is 0 Å². The van der Waals surface area contributed by atoms with Crippen LogP contribution in [0.3, 0.4) is 0 Å². The molecular weight excluding hydrogens is 232 g/mol. The fraction of sp³-hybridized carbons (Fsp3) is 0.647. The predicted octanol–water partition coefficient (Wildman–Crippen LogP) is 4.06. The molecule has 1 atom stereocenters. The molecule has 2 heteroatoms. The minimum Gasteiger partial charge on any atom is -0.385 e. The third-order valence-electron chi connectivity index (χ3n) is 4.82. The smallest absolute Gasteiger partial charge is 0.0393 e. The molecule has 1 saturated heterocycles.